The van der Waals surface area contributed by atoms with Gasteiger partial charge in [0.15, 0.2) is 0 Å². The van der Waals surface area contributed by atoms with Crippen molar-refractivity contribution in [3.63, 3.8) is 0 Å². The Morgan fingerprint density at radius 3 is 2.20 bits per heavy atom. The summed E-state index contributed by atoms with van der Waals surface area (Å²) in [6, 6.07) is 26.5. The molecule has 0 saturated carbocycles. The number of anilines is 1. The highest BCUT2D eigenvalue weighted by molar-refractivity contribution is 5.96. The van der Waals surface area contributed by atoms with Crippen molar-refractivity contribution < 1.29 is 0 Å². The van der Waals surface area contributed by atoms with E-state index in [1.807, 2.05) is 6.21 Å². The average Bonchev–Trinajstić information content (AvgIpc) is 3.17. The van der Waals surface area contributed by atoms with Crippen molar-refractivity contribution in [1.82, 2.24) is 0 Å². The van der Waals surface area contributed by atoms with Gasteiger partial charge in [0.05, 0.1) is 11.7 Å². The molecular formula is C23H16N2. The summed E-state index contributed by atoms with van der Waals surface area (Å²) in [6.07, 6.45) is 2.96. The van der Waals surface area contributed by atoms with E-state index in [2.05, 4.69) is 77.7 Å². The fourth-order valence-corrected chi connectivity index (χ4v) is 4.55. The first-order valence-electron chi connectivity index (χ1n) is 8.76. The number of rotatable bonds is 0. The van der Waals surface area contributed by atoms with Crippen LogP contribution in [0.25, 0.3) is 16.7 Å². The van der Waals surface area contributed by atoms with E-state index >= 15 is 0 Å². The average molecular weight is 320 g/mol. The van der Waals surface area contributed by atoms with Crippen LogP contribution in [0.3, 0.4) is 0 Å². The first-order valence-corrected chi connectivity index (χ1v) is 8.76. The number of hydrogen-bond acceptors (Lipinski definition) is 2. The van der Waals surface area contributed by atoms with Gasteiger partial charge in [-0.3, -0.25) is 0 Å². The number of para-hydroxylation sites is 1. The number of benzene rings is 3. The van der Waals surface area contributed by atoms with E-state index in [0.717, 1.165) is 12.2 Å². The smallest absolute Gasteiger partial charge is 0.137 e. The van der Waals surface area contributed by atoms with Crippen LogP contribution in [0.1, 0.15) is 29.2 Å². The minimum absolute atomic E-state index is 0.191. The number of allylic oxidation sites excluding steroid dienone is 1. The van der Waals surface area contributed by atoms with Gasteiger partial charge in [0, 0.05) is 23.8 Å². The van der Waals surface area contributed by atoms with E-state index in [9.17, 15) is 0 Å². The van der Waals surface area contributed by atoms with Crippen molar-refractivity contribution in [3.05, 3.63) is 95.3 Å². The van der Waals surface area contributed by atoms with E-state index < -0.39 is 0 Å². The highest BCUT2D eigenvalue weighted by Crippen LogP contribution is 2.54. The molecule has 0 aromatic heterocycles. The summed E-state index contributed by atoms with van der Waals surface area (Å²) in [5.41, 5.74) is 9.33. The number of hydrogen-bond donors (Lipinski definition) is 0. The largest absolute Gasteiger partial charge is 0.314 e. The molecule has 3 aliphatic rings. The van der Waals surface area contributed by atoms with Gasteiger partial charge in [-0.1, -0.05) is 66.7 Å². The highest BCUT2D eigenvalue weighted by Gasteiger charge is 2.40. The molecule has 2 nitrogen and oxygen atoms in total. The molecule has 3 aromatic carbocycles. The maximum absolute atomic E-state index is 4.79. The predicted molar refractivity (Wildman–Crippen MR) is 103 cm³/mol. The molecule has 0 saturated heterocycles. The SMILES string of the molecule is C1=NC2=C(C1)c1ccccc1C1c3ccccc3-c3ccccc3N21. The van der Waals surface area contributed by atoms with Crippen LogP contribution in [0.15, 0.2) is 83.6 Å². The van der Waals surface area contributed by atoms with Crippen molar-refractivity contribution >= 4 is 17.5 Å². The third kappa shape index (κ3) is 1.61. The Bertz CT molecular complexity index is 1090. The van der Waals surface area contributed by atoms with Crippen LogP contribution in [-0.2, 0) is 0 Å². The van der Waals surface area contributed by atoms with Crippen molar-refractivity contribution in [2.24, 2.45) is 4.99 Å². The molecule has 0 N–H and O–H groups in total. The zero-order valence-electron chi connectivity index (χ0n) is 13.7. The second-order valence-electron chi connectivity index (χ2n) is 6.78. The summed E-state index contributed by atoms with van der Waals surface area (Å²) in [7, 11) is 0. The highest BCUT2D eigenvalue weighted by atomic mass is 15.3. The molecule has 1 unspecified atom stereocenters. The fourth-order valence-electron chi connectivity index (χ4n) is 4.55. The van der Waals surface area contributed by atoms with Crippen LogP contribution in [0, 0.1) is 0 Å². The summed E-state index contributed by atoms with van der Waals surface area (Å²) in [6.45, 7) is 0. The van der Waals surface area contributed by atoms with Crippen molar-refractivity contribution in [2.75, 3.05) is 4.90 Å². The van der Waals surface area contributed by atoms with Crippen molar-refractivity contribution in [3.8, 4) is 11.1 Å². The Hall–Kier alpha value is -3.13. The molecule has 1 atom stereocenters. The molecule has 3 aliphatic heterocycles. The van der Waals surface area contributed by atoms with Crippen LogP contribution in [0.5, 0.6) is 0 Å². The summed E-state index contributed by atoms with van der Waals surface area (Å²) in [5.74, 6) is 1.12. The standard InChI is InChI=1S/C23H16N2/c1-3-10-18-15(7-1)17-9-5-6-12-21(17)25-22(18)19-11-4-2-8-16(19)20-13-14-24-23(20)25/h1-12,14,22H,13H2. The predicted octanol–water partition coefficient (Wildman–Crippen LogP) is 5.42. The molecule has 0 radical (unpaired) electrons. The lowest BCUT2D eigenvalue weighted by atomic mass is 9.80. The molecular weight excluding hydrogens is 304 g/mol. The van der Waals surface area contributed by atoms with Gasteiger partial charge < -0.3 is 4.90 Å². The third-order valence-corrected chi connectivity index (χ3v) is 5.55. The third-order valence-electron chi connectivity index (χ3n) is 5.55. The van der Waals surface area contributed by atoms with Gasteiger partial charge in [-0.05, 0) is 28.3 Å². The Morgan fingerprint density at radius 1 is 0.720 bits per heavy atom. The fraction of sp³-hybridized carbons (Fsp3) is 0.0870. The molecule has 6 rings (SSSR count). The lowest BCUT2D eigenvalue weighted by Gasteiger charge is -2.43. The zero-order valence-corrected chi connectivity index (χ0v) is 13.7. The molecule has 118 valence electrons. The lowest BCUT2D eigenvalue weighted by molar-refractivity contribution is 0.755. The lowest BCUT2D eigenvalue weighted by Crippen LogP contribution is -2.35. The Morgan fingerprint density at radius 2 is 1.36 bits per heavy atom. The number of aliphatic imine (C=N–C) groups is 1. The van der Waals surface area contributed by atoms with E-state index in [1.165, 1.54) is 39.1 Å². The van der Waals surface area contributed by atoms with E-state index in [-0.39, 0.29) is 6.04 Å². The second kappa shape index (κ2) is 4.70. The Labute approximate surface area is 146 Å². The minimum atomic E-state index is 0.191. The maximum Gasteiger partial charge on any atom is 0.137 e. The first-order chi connectivity index (χ1) is 12.4. The van der Waals surface area contributed by atoms with Crippen LogP contribution in [0.2, 0.25) is 0 Å². The molecule has 0 bridgehead atoms. The molecule has 3 aromatic rings. The van der Waals surface area contributed by atoms with Crippen LogP contribution in [-0.4, -0.2) is 6.21 Å². The molecule has 3 heterocycles. The normalized spacial score (nSPS) is 19.0. The van der Waals surface area contributed by atoms with Gasteiger partial charge in [0.1, 0.15) is 5.82 Å². The van der Waals surface area contributed by atoms with Crippen LogP contribution >= 0.6 is 0 Å². The van der Waals surface area contributed by atoms with E-state index in [0.29, 0.717) is 0 Å². The summed E-state index contributed by atoms with van der Waals surface area (Å²) >= 11 is 0. The topological polar surface area (TPSA) is 15.6 Å². The monoisotopic (exact) mass is 320 g/mol. The number of fused-ring (bicyclic) bond motifs is 10. The molecule has 0 spiro atoms. The van der Waals surface area contributed by atoms with Crippen LogP contribution in [0.4, 0.5) is 5.69 Å². The van der Waals surface area contributed by atoms with Gasteiger partial charge in [-0.2, -0.15) is 0 Å². The molecule has 0 amide bonds. The zero-order chi connectivity index (χ0) is 16.4. The van der Waals surface area contributed by atoms with E-state index in [4.69, 9.17) is 4.99 Å². The Balaban J connectivity index is 1.76. The van der Waals surface area contributed by atoms with Gasteiger partial charge in [-0.15, -0.1) is 0 Å². The molecule has 2 heteroatoms. The summed E-state index contributed by atoms with van der Waals surface area (Å²) in [5, 5.41) is 0. The minimum Gasteiger partial charge on any atom is -0.314 e. The Kier molecular flexibility index (Phi) is 2.48. The van der Waals surface area contributed by atoms with Gasteiger partial charge in [0.25, 0.3) is 0 Å². The van der Waals surface area contributed by atoms with Gasteiger partial charge >= 0.3 is 0 Å². The molecule has 25 heavy (non-hydrogen) atoms. The van der Waals surface area contributed by atoms with Crippen LogP contribution < -0.4 is 4.90 Å². The maximum atomic E-state index is 4.79. The second-order valence-corrected chi connectivity index (χ2v) is 6.78. The van der Waals surface area contributed by atoms with Gasteiger partial charge in [0.2, 0.25) is 0 Å². The van der Waals surface area contributed by atoms with E-state index in [1.54, 1.807) is 0 Å². The molecule has 0 aliphatic carbocycles. The van der Waals surface area contributed by atoms with Crippen molar-refractivity contribution in [2.45, 2.75) is 12.5 Å². The quantitative estimate of drug-likeness (QED) is 0.540. The molecule has 0 fully saturated rings. The number of nitrogens with zero attached hydrogens (tertiary/aromatic N) is 2. The van der Waals surface area contributed by atoms with Crippen molar-refractivity contribution in [1.29, 1.82) is 0 Å². The van der Waals surface area contributed by atoms with Gasteiger partial charge in [-0.25, -0.2) is 4.99 Å². The summed E-state index contributed by atoms with van der Waals surface area (Å²) in [4.78, 5) is 7.24. The summed E-state index contributed by atoms with van der Waals surface area (Å²) < 4.78 is 0. The first kappa shape index (κ1) is 13.2.